The average molecular weight is 224 g/mol. The zero-order valence-corrected chi connectivity index (χ0v) is 8.01. The third-order valence-corrected chi connectivity index (χ3v) is 2.77. The van der Waals surface area contributed by atoms with Crippen molar-refractivity contribution >= 4 is 0 Å². The standard InChI is InChI=1S/C7H16N2O6/c10-7(11)4-1-5(8(12)13)3-6(2-4)9(14)15/h4-7,10-15H,1-3H2. The summed E-state index contributed by atoms with van der Waals surface area (Å²) in [7, 11) is 0. The second kappa shape index (κ2) is 5.14. The molecule has 0 radical (unpaired) electrons. The molecule has 0 aromatic carbocycles. The van der Waals surface area contributed by atoms with E-state index in [9.17, 15) is 0 Å². The quantitative estimate of drug-likeness (QED) is 0.266. The lowest BCUT2D eigenvalue weighted by Crippen LogP contribution is -2.47. The molecule has 0 amide bonds. The first-order valence-electron chi connectivity index (χ1n) is 4.62. The first kappa shape index (κ1) is 12.7. The summed E-state index contributed by atoms with van der Waals surface area (Å²) in [6, 6.07) is -1.50. The molecule has 1 aliphatic rings. The Morgan fingerprint density at radius 3 is 1.47 bits per heavy atom. The van der Waals surface area contributed by atoms with Crippen molar-refractivity contribution in [3.63, 3.8) is 0 Å². The van der Waals surface area contributed by atoms with Gasteiger partial charge in [-0.05, 0) is 19.3 Å². The number of hydrogen-bond acceptors (Lipinski definition) is 8. The van der Waals surface area contributed by atoms with E-state index in [1.54, 1.807) is 0 Å². The summed E-state index contributed by atoms with van der Waals surface area (Å²) in [4.78, 5) is 0. The van der Waals surface area contributed by atoms with Crippen molar-refractivity contribution in [2.75, 3.05) is 0 Å². The largest absolute Gasteiger partial charge is 0.368 e. The summed E-state index contributed by atoms with van der Waals surface area (Å²) in [6.07, 6.45) is -1.18. The van der Waals surface area contributed by atoms with Crippen LogP contribution in [0.3, 0.4) is 0 Å². The maximum Gasteiger partial charge on any atom is 0.154 e. The SMILES string of the molecule is OC(O)C1CC(N(O)O)CC(N(O)O)C1. The molecule has 6 N–H and O–H groups in total. The fraction of sp³-hybridized carbons (Fsp3) is 1.00. The van der Waals surface area contributed by atoms with E-state index in [-0.39, 0.29) is 29.7 Å². The lowest BCUT2D eigenvalue weighted by Gasteiger charge is -2.37. The van der Waals surface area contributed by atoms with Crippen molar-refractivity contribution in [3.05, 3.63) is 0 Å². The predicted molar refractivity (Wildman–Crippen MR) is 44.0 cm³/mol. The highest BCUT2D eigenvalue weighted by Gasteiger charge is 2.36. The van der Waals surface area contributed by atoms with Crippen LogP contribution < -0.4 is 0 Å². The Bertz CT molecular complexity index is 161. The Kier molecular flexibility index (Phi) is 4.37. The van der Waals surface area contributed by atoms with Gasteiger partial charge in [0.15, 0.2) is 6.29 Å². The van der Waals surface area contributed by atoms with Gasteiger partial charge in [-0.1, -0.05) is 10.5 Å². The lowest BCUT2D eigenvalue weighted by molar-refractivity contribution is -0.368. The number of aliphatic hydroxyl groups is 2. The van der Waals surface area contributed by atoms with Crippen LogP contribution in [0.4, 0.5) is 0 Å². The second-order valence-corrected chi connectivity index (χ2v) is 3.83. The molecule has 0 spiro atoms. The molecule has 2 unspecified atom stereocenters. The van der Waals surface area contributed by atoms with Gasteiger partial charge in [0.25, 0.3) is 0 Å². The molecule has 1 aliphatic carbocycles. The molecule has 15 heavy (non-hydrogen) atoms. The Morgan fingerprint density at radius 1 is 0.800 bits per heavy atom. The highest BCUT2D eigenvalue weighted by Crippen LogP contribution is 2.30. The first-order valence-corrected chi connectivity index (χ1v) is 4.62. The van der Waals surface area contributed by atoms with Gasteiger partial charge in [0.05, 0.1) is 12.1 Å². The molecule has 0 heterocycles. The van der Waals surface area contributed by atoms with Crippen molar-refractivity contribution in [2.24, 2.45) is 5.92 Å². The summed E-state index contributed by atoms with van der Waals surface area (Å²) in [5.74, 6) is -0.627. The van der Waals surface area contributed by atoms with E-state index < -0.39 is 24.3 Å². The van der Waals surface area contributed by atoms with Crippen LogP contribution in [0.5, 0.6) is 0 Å². The average Bonchev–Trinajstić information content (AvgIpc) is 2.16. The molecular formula is C7H16N2O6. The summed E-state index contributed by atoms with van der Waals surface area (Å²) in [5, 5.41) is 53.1. The van der Waals surface area contributed by atoms with Crippen LogP contribution in [-0.2, 0) is 0 Å². The topological polar surface area (TPSA) is 128 Å². The summed E-state index contributed by atoms with van der Waals surface area (Å²) in [5.41, 5.74) is 0. The van der Waals surface area contributed by atoms with Gasteiger partial charge >= 0.3 is 0 Å². The van der Waals surface area contributed by atoms with Gasteiger partial charge in [-0.25, -0.2) is 0 Å². The third kappa shape index (κ3) is 3.33. The van der Waals surface area contributed by atoms with E-state index in [1.807, 2.05) is 0 Å². The van der Waals surface area contributed by atoms with Gasteiger partial charge in [0, 0.05) is 5.92 Å². The smallest absolute Gasteiger partial charge is 0.154 e. The molecule has 1 rings (SSSR count). The van der Waals surface area contributed by atoms with Gasteiger partial charge in [0.1, 0.15) is 0 Å². The van der Waals surface area contributed by atoms with E-state index in [4.69, 9.17) is 31.0 Å². The maximum atomic E-state index is 8.97. The van der Waals surface area contributed by atoms with Crippen LogP contribution >= 0.6 is 0 Å². The molecule has 0 aliphatic heterocycles. The molecule has 0 aromatic heterocycles. The van der Waals surface area contributed by atoms with Crippen molar-refractivity contribution < 1.29 is 31.0 Å². The lowest BCUT2D eigenvalue weighted by atomic mass is 9.82. The van der Waals surface area contributed by atoms with Crippen molar-refractivity contribution in [1.29, 1.82) is 0 Å². The number of hydrogen-bond donors (Lipinski definition) is 6. The highest BCUT2D eigenvalue weighted by molar-refractivity contribution is 4.84. The van der Waals surface area contributed by atoms with Crippen LogP contribution in [0.1, 0.15) is 19.3 Å². The monoisotopic (exact) mass is 224 g/mol. The van der Waals surface area contributed by atoms with Gasteiger partial charge in [-0.15, -0.1) is 0 Å². The molecular weight excluding hydrogens is 208 g/mol. The molecule has 0 bridgehead atoms. The number of hydroxylamine groups is 4. The maximum absolute atomic E-state index is 8.97. The molecule has 2 atom stereocenters. The van der Waals surface area contributed by atoms with Gasteiger partial charge in [-0.2, -0.15) is 0 Å². The minimum Gasteiger partial charge on any atom is -0.368 e. The normalized spacial score (nSPS) is 33.0. The van der Waals surface area contributed by atoms with Gasteiger partial charge in [-0.3, -0.25) is 20.8 Å². The van der Waals surface area contributed by atoms with Crippen molar-refractivity contribution in [3.8, 4) is 0 Å². The first-order chi connectivity index (χ1) is 6.91. The van der Waals surface area contributed by atoms with Crippen LogP contribution in [0.15, 0.2) is 0 Å². The third-order valence-electron chi connectivity index (χ3n) is 2.77. The Balaban J connectivity index is 2.64. The van der Waals surface area contributed by atoms with Crippen LogP contribution in [0.2, 0.25) is 0 Å². The second-order valence-electron chi connectivity index (χ2n) is 3.83. The molecule has 1 fully saturated rings. The van der Waals surface area contributed by atoms with Crippen LogP contribution in [0.25, 0.3) is 0 Å². The van der Waals surface area contributed by atoms with Gasteiger partial charge in [0.2, 0.25) is 0 Å². The fourth-order valence-corrected chi connectivity index (χ4v) is 1.92. The predicted octanol–water partition coefficient (Wildman–Crippen LogP) is -1.00. The van der Waals surface area contributed by atoms with Crippen molar-refractivity contribution in [1.82, 2.24) is 10.5 Å². The van der Waals surface area contributed by atoms with Crippen molar-refractivity contribution in [2.45, 2.75) is 37.6 Å². The van der Waals surface area contributed by atoms with E-state index in [0.29, 0.717) is 0 Å². The molecule has 0 aromatic rings. The minimum absolute atomic E-state index is 0.0367. The summed E-state index contributed by atoms with van der Waals surface area (Å²) in [6.45, 7) is 0. The summed E-state index contributed by atoms with van der Waals surface area (Å²) < 4.78 is 0. The zero-order chi connectivity index (χ0) is 11.6. The number of aliphatic hydroxyl groups excluding tert-OH is 1. The minimum atomic E-state index is -1.62. The van der Waals surface area contributed by atoms with Crippen LogP contribution in [-0.4, -0.2) is 59.9 Å². The van der Waals surface area contributed by atoms with E-state index in [0.717, 1.165) is 0 Å². The molecule has 1 saturated carbocycles. The molecule has 8 heteroatoms. The Labute approximate surface area is 86.0 Å². The van der Waals surface area contributed by atoms with Gasteiger partial charge < -0.3 is 10.2 Å². The zero-order valence-electron chi connectivity index (χ0n) is 8.01. The van der Waals surface area contributed by atoms with Crippen LogP contribution in [0, 0.1) is 5.92 Å². The molecule has 8 nitrogen and oxygen atoms in total. The summed E-state index contributed by atoms with van der Waals surface area (Å²) >= 11 is 0. The number of nitrogens with zero attached hydrogens (tertiary/aromatic N) is 2. The Morgan fingerprint density at radius 2 is 1.20 bits per heavy atom. The fourth-order valence-electron chi connectivity index (χ4n) is 1.92. The van der Waals surface area contributed by atoms with E-state index >= 15 is 0 Å². The molecule has 0 saturated heterocycles. The molecule has 90 valence electrons. The Hall–Kier alpha value is -0.320. The number of rotatable bonds is 3. The van der Waals surface area contributed by atoms with E-state index in [1.165, 1.54) is 0 Å². The van der Waals surface area contributed by atoms with E-state index in [2.05, 4.69) is 0 Å². The highest BCUT2D eigenvalue weighted by atomic mass is 16.8.